The Morgan fingerprint density at radius 2 is 1.24 bits per heavy atom. The van der Waals surface area contributed by atoms with Crippen molar-refractivity contribution in [2.24, 2.45) is 11.8 Å². The van der Waals surface area contributed by atoms with E-state index in [2.05, 4.69) is 158 Å². The molecule has 6 aromatic carbocycles. The van der Waals surface area contributed by atoms with Crippen molar-refractivity contribution in [2.75, 3.05) is 4.90 Å². The molecule has 0 N–H and O–H groups in total. The highest BCUT2D eigenvalue weighted by atomic mass is 15.1. The van der Waals surface area contributed by atoms with Gasteiger partial charge >= 0.3 is 0 Å². The summed E-state index contributed by atoms with van der Waals surface area (Å²) in [5.41, 5.74) is 19.0. The van der Waals surface area contributed by atoms with Crippen molar-refractivity contribution < 1.29 is 0 Å². The van der Waals surface area contributed by atoms with Crippen LogP contribution in [0.25, 0.3) is 33.4 Å². The molecule has 10 rings (SSSR count). The first-order chi connectivity index (χ1) is 26.6. The minimum Gasteiger partial charge on any atom is -0.310 e. The van der Waals surface area contributed by atoms with Crippen LogP contribution >= 0.6 is 0 Å². The van der Waals surface area contributed by atoms with Crippen molar-refractivity contribution in [3.63, 3.8) is 0 Å². The maximum atomic E-state index is 4.99. The Morgan fingerprint density at radius 3 is 2.04 bits per heavy atom. The summed E-state index contributed by atoms with van der Waals surface area (Å²) in [6, 6.07) is 53.3. The predicted octanol–water partition coefficient (Wildman–Crippen LogP) is 14.7. The fourth-order valence-electron chi connectivity index (χ4n) is 11.8. The summed E-state index contributed by atoms with van der Waals surface area (Å²) < 4.78 is 0. The summed E-state index contributed by atoms with van der Waals surface area (Å²) in [6.45, 7) is 9.77. The normalized spacial score (nSPS) is 21.8. The second-order valence-corrected chi connectivity index (χ2v) is 16.6. The Kier molecular flexibility index (Phi) is 8.06. The van der Waals surface area contributed by atoms with Gasteiger partial charge in [-0.3, -0.25) is 0 Å². The van der Waals surface area contributed by atoms with E-state index >= 15 is 0 Å². The number of fused-ring (bicyclic) bond motifs is 10. The highest BCUT2D eigenvalue weighted by Gasteiger charge is 2.53. The van der Waals surface area contributed by atoms with Gasteiger partial charge in [0, 0.05) is 27.8 Å². The lowest BCUT2D eigenvalue weighted by molar-refractivity contribution is 0.224. The second-order valence-electron chi connectivity index (χ2n) is 16.6. The number of allylic oxidation sites excluding steroid dienone is 1. The van der Waals surface area contributed by atoms with Gasteiger partial charge in [-0.1, -0.05) is 167 Å². The first-order valence-electron chi connectivity index (χ1n) is 20.7. The minimum atomic E-state index is -0.183. The Balaban J connectivity index is 1.23. The lowest BCUT2D eigenvalue weighted by Crippen LogP contribution is -2.41. The molecule has 0 radical (unpaired) electrons. The predicted molar refractivity (Wildman–Crippen MR) is 228 cm³/mol. The molecule has 268 valence electrons. The number of nitrogens with zero attached hydrogens (tertiary/aromatic N) is 1. The van der Waals surface area contributed by atoms with Crippen LogP contribution in [0.2, 0.25) is 0 Å². The molecule has 2 spiro atoms. The summed E-state index contributed by atoms with van der Waals surface area (Å²) in [5, 5.41) is 0. The number of rotatable bonds is 6. The Morgan fingerprint density at radius 1 is 0.574 bits per heavy atom. The van der Waals surface area contributed by atoms with Gasteiger partial charge < -0.3 is 4.90 Å². The van der Waals surface area contributed by atoms with E-state index in [1.165, 1.54) is 123 Å². The number of anilines is 3. The van der Waals surface area contributed by atoms with E-state index in [0.717, 1.165) is 12.8 Å². The molecule has 2 fully saturated rings. The third-order valence-corrected chi connectivity index (χ3v) is 14.2. The summed E-state index contributed by atoms with van der Waals surface area (Å²) in [4.78, 5) is 2.60. The van der Waals surface area contributed by atoms with Gasteiger partial charge in [-0.2, -0.15) is 0 Å². The quantitative estimate of drug-likeness (QED) is 0.156. The molecule has 0 heterocycles. The van der Waals surface area contributed by atoms with Gasteiger partial charge in [-0.15, -0.1) is 0 Å². The van der Waals surface area contributed by atoms with Crippen molar-refractivity contribution in [3.8, 4) is 33.4 Å². The molecular formula is C53H51N. The van der Waals surface area contributed by atoms with Crippen molar-refractivity contribution in [1.82, 2.24) is 0 Å². The molecule has 1 heteroatoms. The van der Waals surface area contributed by atoms with E-state index in [0.29, 0.717) is 11.8 Å². The van der Waals surface area contributed by atoms with E-state index in [4.69, 9.17) is 6.58 Å². The van der Waals surface area contributed by atoms with Crippen molar-refractivity contribution in [3.05, 3.63) is 174 Å². The van der Waals surface area contributed by atoms with Crippen LogP contribution in [0.1, 0.15) is 93.9 Å². The van der Waals surface area contributed by atoms with E-state index < -0.39 is 0 Å². The minimum absolute atomic E-state index is 0.0887. The maximum absolute atomic E-state index is 4.99. The molecule has 0 bridgehead atoms. The van der Waals surface area contributed by atoms with Gasteiger partial charge in [-0.05, 0) is 118 Å². The molecule has 4 aliphatic rings. The van der Waals surface area contributed by atoms with Crippen LogP contribution in [0.15, 0.2) is 152 Å². The summed E-state index contributed by atoms with van der Waals surface area (Å²) in [7, 11) is 0. The Hall–Kier alpha value is -5.14. The monoisotopic (exact) mass is 701 g/mol. The van der Waals surface area contributed by atoms with Crippen molar-refractivity contribution in [1.29, 1.82) is 0 Å². The van der Waals surface area contributed by atoms with Crippen LogP contribution in [-0.4, -0.2) is 0 Å². The lowest BCUT2D eigenvalue weighted by atomic mass is 9.55. The smallest absolute Gasteiger partial charge is 0.0543 e. The second kappa shape index (κ2) is 13.0. The Bertz CT molecular complexity index is 2390. The molecule has 1 nitrogen and oxygen atoms in total. The topological polar surface area (TPSA) is 3.24 Å². The van der Waals surface area contributed by atoms with E-state index in [1.807, 2.05) is 0 Å². The first-order valence-corrected chi connectivity index (χ1v) is 20.7. The highest BCUT2D eigenvalue weighted by Crippen LogP contribution is 2.63. The molecule has 0 amide bonds. The molecule has 3 atom stereocenters. The van der Waals surface area contributed by atoms with Gasteiger partial charge in [0.2, 0.25) is 0 Å². The van der Waals surface area contributed by atoms with Gasteiger partial charge in [0.15, 0.2) is 0 Å². The van der Waals surface area contributed by atoms with Crippen molar-refractivity contribution in [2.45, 2.75) is 82.5 Å². The fraction of sp³-hybridized carbons (Fsp3) is 0.283. The molecule has 6 aromatic rings. The summed E-state index contributed by atoms with van der Waals surface area (Å²) in [5.74, 6) is 1.21. The molecule has 3 unspecified atom stereocenters. The van der Waals surface area contributed by atoms with Gasteiger partial charge in [0.05, 0.1) is 5.69 Å². The van der Waals surface area contributed by atoms with E-state index in [-0.39, 0.29) is 10.8 Å². The average Bonchev–Trinajstić information content (AvgIpc) is 3.67. The zero-order valence-corrected chi connectivity index (χ0v) is 32.0. The van der Waals surface area contributed by atoms with Crippen LogP contribution < -0.4 is 4.90 Å². The van der Waals surface area contributed by atoms with E-state index in [1.54, 1.807) is 0 Å². The molecule has 4 aliphatic carbocycles. The van der Waals surface area contributed by atoms with Gasteiger partial charge in [-0.25, -0.2) is 0 Å². The highest BCUT2D eigenvalue weighted by molar-refractivity contribution is 5.96. The van der Waals surface area contributed by atoms with Crippen LogP contribution in [-0.2, 0) is 10.8 Å². The lowest BCUT2D eigenvalue weighted by Gasteiger charge is -2.48. The van der Waals surface area contributed by atoms with Crippen LogP contribution in [0.4, 0.5) is 17.1 Å². The molecule has 2 saturated carbocycles. The molecule has 0 aromatic heterocycles. The first kappa shape index (κ1) is 33.4. The standard InChI is InChI=1S/C53H51N/c1-4-37-32-36(3)53(40(5-2)33-37)47-25-13-10-22-43(47)44-29-28-42(35-49(44)53)54(41-21-16-20-39(34-41)38-18-8-6-9-19-38)50-27-17-26-48-51(50)45-23-11-12-24-46(45)52(48)30-14-7-15-31-52/h6,8-13,16-29,34-35,37,40H,3-5,7,14-15,30-33H2,1-2H3. The third-order valence-electron chi connectivity index (χ3n) is 14.2. The zero-order valence-electron chi connectivity index (χ0n) is 32.0. The van der Waals surface area contributed by atoms with Crippen LogP contribution in [0, 0.1) is 11.8 Å². The maximum Gasteiger partial charge on any atom is 0.0543 e. The van der Waals surface area contributed by atoms with Crippen molar-refractivity contribution >= 4 is 17.1 Å². The number of benzene rings is 6. The number of hydrogen-bond donors (Lipinski definition) is 0. The van der Waals surface area contributed by atoms with Gasteiger partial charge in [0.25, 0.3) is 0 Å². The zero-order chi connectivity index (χ0) is 36.4. The Labute approximate surface area is 322 Å². The average molecular weight is 702 g/mol. The summed E-state index contributed by atoms with van der Waals surface area (Å²) in [6.07, 6.45) is 11.1. The molecular weight excluding hydrogens is 651 g/mol. The molecule has 0 aliphatic heterocycles. The fourth-order valence-corrected chi connectivity index (χ4v) is 11.8. The van der Waals surface area contributed by atoms with Crippen LogP contribution in [0.5, 0.6) is 0 Å². The summed E-state index contributed by atoms with van der Waals surface area (Å²) >= 11 is 0. The SMILES string of the molecule is C=C1CC(CC)CC(CC)C12c1ccccc1-c1ccc(N(c3cccc(-c4ccccc4)c3)c3cccc4c3-c3ccccc3C43CCCCC3)cc12. The largest absolute Gasteiger partial charge is 0.310 e. The van der Waals surface area contributed by atoms with E-state index in [9.17, 15) is 0 Å². The number of hydrogen-bond acceptors (Lipinski definition) is 1. The molecule has 54 heavy (non-hydrogen) atoms. The van der Waals surface area contributed by atoms with Crippen LogP contribution in [0.3, 0.4) is 0 Å². The molecule has 0 saturated heterocycles. The van der Waals surface area contributed by atoms with Gasteiger partial charge in [0.1, 0.15) is 0 Å². The third kappa shape index (κ3) is 4.76.